The predicted molar refractivity (Wildman–Crippen MR) is 73.4 cm³/mol. The molecule has 0 aliphatic carbocycles. The average Bonchev–Trinajstić information content (AvgIpc) is 2.89. The van der Waals surface area contributed by atoms with Crippen molar-refractivity contribution in [2.45, 2.75) is 0 Å². The quantitative estimate of drug-likeness (QED) is 0.712. The maximum atomic E-state index is 13.2. The normalized spacial score (nSPS) is 10.6. The molecular weight excluding hydrogens is 241 g/mol. The molecule has 0 saturated heterocycles. The molecule has 4 heteroatoms. The monoisotopic (exact) mass is 253 g/mol. The number of hydrogen-bond acceptors (Lipinski definition) is 2. The largest absolute Gasteiger partial charge is 0.399 e. The van der Waals surface area contributed by atoms with Crippen molar-refractivity contribution in [2.24, 2.45) is 0 Å². The molecule has 0 spiro atoms. The van der Waals surface area contributed by atoms with E-state index in [2.05, 4.69) is 5.10 Å². The van der Waals surface area contributed by atoms with Gasteiger partial charge in [-0.25, -0.2) is 9.07 Å². The molecule has 0 amide bonds. The number of anilines is 1. The molecule has 2 aromatic carbocycles. The number of nitrogens with zero attached hydrogens (tertiary/aromatic N) is 2. The van der Waals surface area contributed by atoms with Gasteiger partial charge < -0.3 is 5.73 Å². The summed E-state index contributed by atoms with van der Waals surface area (Å²) in [6.07, 6.45) is 3.57. The molecule has 0 unspecified atom stereocenters. The van der Waals surface area contributed by atoms with Crippen LogP contribution in [0.4, 0.5) is 10.1 Å². The van der Waals surface area contributed by atoms with Crippen molar-refractivity contribution < 1.29 is 4.39 Å². The van der Waals surface area contributed by atoms with E-state index >= 15 is 0 Å². The van der Waals surface area contributed by atoms with Crippen LogP contribution in [0, 0.1) is 5.82 Å². The fraction of sp³-hybridized carbons (Fsp3) is 0. The Balaban J connectivity index is 1.97. The Hall–Kier alpha value is -2.62. The molecule has 1 heterocycles. The maximum absolute atomic E-state index is 13.2. The minimum atomic E-state index is -0.252. The third-order valence-corrected chi connectivity index (χ3v) is 2.90. The second-order valence-electron chi connectivity index (χ2n) is 4.28. The number of nitrogen functional groups attached to an aromatic ring is 1. The molecule has 3 nitrogen and oxygen atoms in total. The fourth-order valence-electron chi connectivity index (χ4n) is 1.91. The molecule has 3 rings (SSSR count). The lowest BCUT2D eigenvalue weighted by molar-refractivity contribution is 0.628. The Bertz CT molecular complexity index is 701. The molecule has 0 aliphatic heterocycles. The van der Waals surface area contributed by atoms with E-state index in [-0.39, 0.29) is 5.82 Å². The van der Waals surface area contributed by atoms with Gasteiger partial charge in [0, 0.05) is 17.4 Å². The summed E-state index contributed by atoms with van der Waals surface area (Å²) >= 11 is 0. The topological polar surface area (TPSA) is 43.8 Å². The smallest absolute Gasteiger partial charge is 0.123 e. The zero-order chi connectivity index (χ0) is 13.2. The first-order valence-electron chi connectivity index (χ1n) is 5.89. The predicted octanol–water partition coefficient (Wildman–Crippen LogP) is 3.26. The van der Waals surface area contributed by atoms with Crippen LogP contribution in [0.15, 0.2) is 60.9 Å². The maximum Gasteiger partial charge on any atom is 0.123 e. The summed E-state index contributed by atoms with van der Waals surface area (Å²) < 4.78 is 14.9. The van der Waals surface area contributed by atoms with Gasteiger partial charge in [0.05, 0.1) is 11.9 Å². The molecule has 0 saturated carbocycles. The van der Waals surface area contributed by atoms with Crippen LogP contribution in [0.25, 0.3) is 16.8 Å². The van der Waals surface area contributed by atoms with Gasteiger partial charge in [-0.1, -0.05) is 12.1 Å². The van der Waals surface area contributed by atoms with Crippen molar-refractivity contribution in [1.29, 1.82) is 0 Å². The number of benzene rings is 2. The first kappa shape index (κ1) is 11.5. The fourth-order valence-corrected chi connectivity index (χ4v) is 1.91. The van der Waals surface area contributed by atoms with Crippen LogP contribution in [-0.4, -0.2) is 9.78 Å². The van der Waals surface area contributed by atoms with Gasteiger partial charge in [0.1, 0.15) is 5.82 Å². The number of halogens is 1. The number of nitrogens with two attached hydrogens (primary N) is 1. The van der Waals surface area contributed by atoms with E-state index in [1.54, 1.807) is 16.9 Å². The van der Waals surface area contributed by atoms with Crippen LogP contribution in [-0.2, 0) is 0 Å². The molecule has 19 heavy (non-hydrogen) atoms. The number of aromatic nitrogens is 2. The first-order chi connectivity index (χ1) is 9.22. The average molecular weight is 253 g/mol. The second-order valence-corrected chi connectivity index (χ2v) is 4.28. The van der Waals surface area contributed by atoms with E-state index in [0.717, 1.165) is 16.8 Å². The zero-order valence-electron chi connectivity index (χ0n) is 10.1. The van der Waals surface area contributed by atoms with E-state index in [0.29, 0.717) is 5.69 Å². The van der Waals surface area contributed by atoms with Crippen molar-refractivity contribution in [2.75, 3.05) is 5.73 Å². The van der Waals surface area contributed by atoms with Crippen LogP contribution < -0.4 is 5.73 Å². The molecule has 1 aromatic heterocycles. The third-order valence-electron chi connectivity index (χ3n) is 2.90. The summed E-state index contributed by atoms with van der Waals surface area (Å²) in [5.41, 5.74) is 8.95. The lowest BCUT2D eigenvalue weighted by atomic mass is 10.1. The van der Waals surface area contributed by atoms with Gasteiger partial charge >= 0.3 is 0 Å². The molecule has 0 bridgehead atoms. The van der Waals surface area contributed by atoms with Crippen molar-refractivity contribution in [3.63, 3.8) is 0 Å². The molecular formula is C15H12FN3. The van der Waals surface area contributed by atoms with Crippen LogP contribution in [0.1, 0.15) is 0 Å². The van der Waals surface area contributed by atoms with Crippen LogP contribution in [0.3, 0.4) is 0 Å². The number of hydrogen-bond donors (Lipinski definition) is 1. The minimum Gasteiger partial charge on any atom is -0.399 e. The van der Waals surface area contributed by atoms with Crippen molar-refractivity contribution in [3.8, 4) is 16.8 Å². The SMILES string of the molecule is Nc1ccc(-n2cc(-c3cccc(F)c3)cn2)cc1. The van der Waals surface area contributed by atoms with Crippen LogP contribution in [0.2, 0.25) is 0 Å². The van der Waals surface area contributed by atoms with Gasteiger partial charge in [-0.2, -0.15) is 5.10 Å². The highest BCUT2D eigenvalue weighted by atomic mass is 19.1. The zero-order valence-corrected chi connectivity index (χ0v) is 10.1. The Kier molecular flexibility index (Phi) is 2.76. The van der Waals surface area contributed by atoms with Gasteiger partial charge in [0.2, 0.25) is 0 Å². The summed E-state index contributed by atoms with van der Waals surface area (Å²) in [6.45, 7) is 0. The molecule has 0 fully saturated rings. The Morgan fingerprint density at radius 2 is 1.79 bits per heavy atom. The highest BCUT2D eigenvalue weighted by molar-refractivity contribution is 5.62. The molecule has 2 N–H and O–H groups in total. The summed E-state index contributed by atoms with van der Waals surface area (Å²) in [4.78, 5) is 0. The van der Waals surface area contributed by atoms with Gasteiger partial charge in [-0.15, -0.1) is 0 Å². The summed E-state index contributed by atoms with van der Waals surface area (Å²) in [6, 6.07) is 13.9. The summed E-state index contributed by atoms with van der Waals surface area (Å²) in [5.74, 6) is -0.252. The third kappa shape index (κ3) is 2.33. The van der Waals surface area contributed by atoms with Crippen molar-refractivity contribution >= 4 is 5.69 Å². The first-order valence-corrected chi connectivity index (χ1v) is 5.89. The van der Waals surface area contributed by atoms with E-state index in [1.165, 1.54) is 12.1 Å². The van der Waals surface area contributed by atoms with Gasteiger partial charge in [0.15, 0.2) is 0 Å². The highest BCUT2D eigenvalue weighted by Gasteiger charge is 2.04. The van der Waals surface area contributed by atoms with Crippen LogP contribution >= 0.6 is 0 Å². The molecule has 94 valence electrons. The Labute approximate surface area is 110 Å². The van der Waals surface area contributed by atoms with Crippen molar-refractivity contribution in [3.05, 3.63) is 66.7 Å². The highest BCUT2D eigenvalue weighted by Crippen LogP contribution is 2.21. The van der Waals surface area contributed by atoms with Gasteiger partial charge in [0.25, 0.3) is 0 Å². The molecule has 0 atom stereocenters. The molecule has 3 aromatic rings. The Morgan fingerprint density at radius 1 is 1.00 bits per heavy atom. The second kappa shape index (κ2) is 4.57. The van der Waals surface area contributed by atoms with Crippen LogP contribution in [0.5, 0.6) is 0 Å². The van der Waals surface area contributed by atoms with E-state index < -0.39 is 0 Å². The van der Waals surface area contributed by atoms with Gasteiger partial charge in [-0.3, -0.25) is 0 Å². The molecule has 0 radical (unpaired) electrons. The minimum absolute atomic E-state index is 0.252. The van der Waals surface area contributed by atoms with E-state index in [9.17, 15) is 4.39 Å². The van der Waals surface area contributed by atoms with E-state index in [1.807, 2.05) is 36.5 Å². The van der Waals surface area contributed by atoms with Gasteiger partial charge in [-0.05, 0) is 42.0 Å². The summed E-state index contributed by atoms with van der Waals surface area (Å²) in [7, 11) is 0. The van der Waals surface area contributed by atoms with E-state index in [4.69, 9.17) is 5.73 Å². The lowest BCUT2D eigenvalue weighted by Crippen LogP contribution is -1.94. The lowest BCUT2D eigenvalue weighted by Gasteiger charge is -2.01. The summed E-state index contributed by atoms with van der Waals surface area (Å²) in [5, 5.41) is 4.28. The number of rotatable bonds is 2. The van der Waals surface area contributed by atoms with Crippen molar-refractivity contribution in [1.82, 2.24) is 9.78 Å². The standard InChI is InChI=1S/C15H12FN3/c16-13-3-1-2-11(8-13)12-9-18-19(10-12)15-6-4-14(17)5-7-15/h1-10H,17H2. The molecule has 0 aliphatic rings. The Morgan fingerprint density at radius 3 is 2.53 bits per heavy atom.